The fraction of sp³-hybridized carbons (Fsp3) is 0.500. The number of imidazole rings is 1. The van der Waals surface area contributed by atoms with E-state index in [9.17, 15) is 18.0 Å². The topological polar surface area (TPSA) is 101 Å². The molecule has 0 N–H and O–H groups in total. The SMILES string of the molecule is COC(=O)C(C)(C)COc1cc(C)c(-c2cnc(-c3ncc(C(F)(F)F)n3COCC[Si](C)(C)C)cn2)cn1. The standard InChI is InChI=1S/C26H34F3N5O4Si/c1-17-10-22(38-15-25(2,3)24(35)36-4)32-11-18(17)19-12-31-20(13-30-19)23-33-14-21(26(27,28)29)34(23)16-37-8-9-39(5,6)7/h10-14H,8-9,15-16H2,1-7H3. The molecular formula is C26H34F3N5O4Si. The normalized spacial score (nSPS) is 12.5. The Morgan fingerprint density at radius 3 is 2.23 bits per heavy atom. The molecule has 3 heterocycles. The highest BCUT2D eigenvalue weighted by Gasteiger charge is 2.36. The molecule has 3 aromatic heterocycles. The summed E-state index contributed by atoms with van der Waals surface area (Å²) in [6.45, 7) is 11.9. The molecular weight excluding hydrogens is 531 g/mol. The van der Waals surface area contributed by atoms with Crippen LogP contribution in [-0.2, 0) is 27.2 Å². The van der Waals surface area contributed by atoms with E-state index in [2.05, 4.69) is 39.6 Å². The van der Waals surface area contributed by atoms with Crippen LogP contribution in [0.25, 0.3) is 22.8 Å². The van der Waals surface area contributed by atoms with E-state index in [0.717, 1.165) is 22.4 Å². The van der Waals surface area contributed by atoms with Crippen molar-refractivity contribution in [1.29, 1.82) is 0 Å². The molecule has 0 radical (unpaired) electrons. The summed E-state index contributed by atoms with van der Waals surface area (Å²) in [4.78, 5) is 28.9. The third-order valence-electron chi connectivity index (χ3n) is 5.92. The number of esters is 1. The van der Waals surface area contributed by atoms with Gasteiger partial charge in [-0.25, -0.2) is 15.0 Å². The van der Waals surface area contributed by atoms with Gasteiger partial charge in [0.1, 0.15) is 24.7 Å². The van der Waals surface area contributed by atoms with Gasteiger partial charge in [0.2, 0.25) is 5.88 Å². The fourth-order valence-corrected chi connectivity index (χ4v) is 4.28. The maximum absolute atomic E-state index is 13.6. The molecule has 39 heavy (non-hydrogen) atoms. The second kappa shape index (κ2) is 11.8. The molecule has 212 valence electrons. The molecule has 0 aliphatic heterocycles. The zero-order chi connectivity index (χ0) is 29.0. The summed E-state index contributed by atoms with van der Waals surface area (Å²) in [5.41, 5.74) is 0.352. The zero-order valence-corrected chi connectivity index (χ0v) is 24.2. The summed E-state index contributed by atoms with van der Waals surface area (Å²) >= 11 is 0. The molecule has 13 heteroatoms. The Morgan fingerprint density at radius 2 is 1.67 bits per heavy atom. The van der Waals surface area contributed by atoms with Gasteiger partial charge in [-0.15, -0.1) is 0 Å². The molecule has 9 nitrogen and oxygen atoms in total. The Bertz CT molecular complexity index is 1290. The van der Waals surface area contributed by atoms with Gasteiger partial charge in [-0.2, -0.15) is 13.2 Å². The Hall–Kier alpha value is -3.32. The monoisotopic (exact) mass is 565 g/mol. The van der Waals surface area contributed by atoms with Gasteiger partial charge in [0, 0.05) is 32.5 Å². The average Bonchev–Trinajstić information content (AvgIpc) is 3.29. The summed E-state index contributed by atoms with van der Waals surface area (Å²) in [6.07, 6.45) is 0.576. The number of rotatable bonds is 11. The van der Waals surface area contributed by atoms with Crippen LogP contribution in [0.3, 0.4) is 0 Å². The van der Waals surface area contributed by atoms with E-state index in [-0.39, 0.29) is 24.9 Å². The molecule has 0 saturated heterocycles. The lowest BCUT2D eigenvalue weighted by atomic mass is 9.95. The van der Waals surface area contributed by atoms with Crippen LogP contribution in [0.4, 0.5) is 13.2 Å². The summed E-state index contributed by atoms with van der Waals surface area (Å²) in [5.74, 6) is -0.0536. The lowest BCUT2D eigenvalue weighted by Crippen LogP contribution is -2.32. The molecule has 0 fully saturated rings. The number of hydrogen-bond acceptors (Lipinski definition) is 8. The molecule has 0 amide bonds. The van der Waals surface area contributed by atoms with Gasteiger partial charge in [-0.3, -0.25) is 14.3 Å². The first-order valence-electron chi connectivity index (χ1n) is 12.3. The molecule has 0 atom stereocenters. The van der Waals surface area contributed by atoms with E-state index < -0.39 is 31.3 Å². The average molecular weight is 566 g/mol. The summed E-state index contributed by atoms with van der Waals surface area (Å²) in [5, 5.41) is 0. The third-order valence-corrected chi connectivity index (χ3v) is 7.63. The second-order valence-electron chi connectivity index (χ2n) is 11.0. The summed E-state index contributed by atoms with van der Waals surface area (Å²) < 4.78 is 57.9. The first-order chi connectivity index (χ1) is 18.1. The van der Waals surface area contributed by atoms with E-state index in [4.69, 9.17) is 14.2 Å². The van der Waals surface area contributed by atoms with Gasteiger partial charge in [0.15, 0.2) is 5.82 Å². The van der Waals surface area contributed by atoms with Crippen LogP contribution in [0.15, 0.2) is 30.9 Å². The highest BCUT2D eigenvalue weighted by atomic mass is 28.3. The van der Waals surface area contributed by atoms with Crippen molar-refractivity contribution in [2.24, 2.45) is 5.41 Å². The first-order valence-corrected chi connectivity index (χ1v) is 16.0. The van der Waals surface area contributed by atoms with Gasteiger partial charge >= 0.3 is 12.1 Å². The summed E-state index contributed by atoms with van der Waals surface area (Å²) in [7, 11) is -0.0807. The van der Waals surface area contributed by atoms with Crippen LogP contribution in [-0.4, -0.2) is 58.9 Å². The highest BCUT2D eigenvalue weighted by molar-refractivity contribution is 6.76. The Morgan fingerprint density at radius 1 is 1.00 bits per heavy atom. The maximum Gasteiger partial charge on any atom is 0.433 e. The number of carbonyl (C=O) groups excluding carboxylic acids is 1. The van der Waals surface area contributed by atoms with Gasteiger partial charge in [-0.05, 0) is 32.4 Å². The minimum absolute atomic E-state index is 0.0150. The number of aryl methyl sites for hydroxylation is 1. The number of halogens is 3. The Kier molecular flexibility index (Phi) is 9.16. The highest BCUT2D eigenvalue weighted by Crippen LogP contribution is 2.33. The molecule has 0 saturated carbocycles. The minimum atomic E-state index is -4.60. The van der Waals surface area contributed by atoms with Crippen molar-refractivity contribution in [2.45, 2.75) is 59.4 Å². The van der Waals surface area contributed by atoms with Crippen LogP contribution in [0.1, 0.15) is 25.1 Å². The van der Waals surface area contributed by atoms with Crippen molar-refractivity contribution in [3.05, 3.63) is 42.1 Å². The van der Waals surface area contributed by atoms with Gasteiger partial charge in [-0.1, -0.05) is 19.6 Å². The largest absolute Gasteiger partial charge is 0.476 e. The quantitative estimate of drug-likeness (QED) is 0.168. The number of alkyl halides is 3. The minimum Gasteiger partial charge on any atom is -0.476 e. The summed E-state index contributed by atoms with van der Waals surface area (Å²) in [6, 6.07) is 2.53. The lowest BCUT2D eigenvalue weighted by molar-refractivity contribution is -0.152. The number of ether oxygens (including phenoxy) is 3. The zero-order valence-electron chi connectivity index (χ0n) is 23.2. The number of methoxy groups -OCH3 is 1. The van der Waals surface area contributed by atoms with Crippen LogP contribution in [0.5, 0.6) is 5.88 Å². The van der Waals surface area contributed by atoms with Crippen molar-refractivity contribution in [1.82, 2.24) is 24.5 Å². The van der Waals surface area contributed by atoms with Gasteiger partial charge < -0.3 is 14.2 Å². The second-order valence-corrected chi connectivity index (χ2v) is 16.7. The van der Waals surface area contributed by atoms with Crippen molar-refractivity contribution in [3.63, 3.8) is 0 Å². The smallest absolute Gasteiger partial charge is 0.433 e. The molecule has 0 bridgehead atoms. The molecule has 0 aliphatic rings. The van der Waals surface area contributed by atoms with Crippen LogP contribution in [0, 0.1) is 12.3 Å². The number of hydrogen-bond donors (Lipinski definition) is 0. The third kappa shape index (κ3) is 7.85. The lowest BCUT2D eigenvalue weighted by Gasteiger charge is -2.21. The molecule has 3 rings (SSSR count). The number of carbonyl (C=O) groups is 1. The predicted octanol–water partition coefficient (Wildman–Crippen LogP) is 5.62. The van der Waals surface area contributed by atoms with E-state index >= 15 is 0 Å². The molecule has 0 spiro atoms. The van der Waals surface area contributed by atoms with Crippen molar-refractivity contribution in [2.75, 3.05) is 20.3 Å². The van der Waals surface area contributed by atoms with Gasteiger partial charge in [0.25, 0.3) is 0 Å². The molecule has 0 aromatic carbocycles. The van der Waals surface area contributed by atoms with E-state index in [1.807, 2.05) is 6.92 Å². The van der Waals surface area contributed by atoms with E-state index in [1.54, 1.807) is 26.1 Å². The number of aromatic nitrogens is 5. The van der Waals surface area contributed by atoms with E-state index in [1.165, 1.54) is 19.5 Å². The van der Waals surface area contributed by atoms with Crippen molar-refractivity contribution in [3.8, 4) is 28.7 Å². The first kappa shape index (κ1) is 30.2. The maximum atomic E-state index is 13.6. The van der Waals surface area contributed by atoms with Crippen molar-refractivity contribution < 1.29 is 32.2 Å². The van der Waals surface area contributed by atoms with Crippen LogP contribution < -0.4 is 4.74 Å². The molecule has 0 aliphatic carbocycles. The molecule has 0 unspecified atom stereocenters. The number of pyridine rings is 1. The fourth-order valence-electron chi connectivity index (χ4n) is 3.52. The van der Waals surface area contributed by atoms with Crippen LogP contribution in [0.2, 0.25) is 25.7 Å². The predicted molar refractivity (Wildman–Crippen MR) is 142 cm³/mol. The van der Waals surface area contributed by atoms with Crippen molar-refractivity contribution >= 4 is 14.0 Å². The van der Waals surface area contributed by atoms with E-state index in [0.29, 0.717) is 23.7 Å². The van der Waals surface area contributed by atoms with Gasteiger partial charge in [0.05, 0.1) is 36.8 Å². The number of nitrogens with zero attached hydrogens (tertiary/aromatic N) is 5. The Balaban J connectivity index is 1.79. The Labute approximate surface area is 226 Å². The molecule has 3 aromatic rings. The van der Waals surface area contributed by atoms with Crippen LogP contribution >= 0.6 is 0 Å².